The molecule has 0 saturated carbocycles. The normalized spacial score (nSPS) is 9.83. The van der Waals surface area contributed by atoms with Gasteiger partial charge in [0.25, 0.3) is 12.4 Å². The summed E-state index contributed by atoms with van der Waals surface area (Å²) in [7, 11) is 0. The van der Waals surface area contributed by atoms with Crippen molar-refractivity contribution in [1.82, 2.24) is 10.2 Å². The molecule has 0 fully saturated rings. The highest BCUT2D eigenvalue weighted by molar-refractivity contribution is 5.78. The van der Waals surface area contributed by atoms with E-state index < -0.39 is 38.3 Å². The summed E-state index contributed by atoms with van der Waals surface area (Å²) in [5.41, 5.74) is 1.95. The summed E-state index contributed by atoms with van der Waals surface area (Å²) in [6.07, 6.45) is 0.968. The van der Waals surface area contributed by atoms with Crippen LogP contribution in [0.2, 0.25) is 0 Å². The first-order valence-corrected chi connectivity index (χ1v) is 5.15. The number of carbonyl (C=O) groups is 1. The monoisotopic (exact) mass is 353 g/mol. The lowest BCUT2D eigenvalue weighted by Gasteiger charge is -2.11. The summed E-state index contributed by atoms with van der Waals surface area (Å²) >= 11 is 0. The third kappa shape index (κ3) is 5.30. The van der Waals surface area contributed by atoms with E-state index in [2.05, 4.69) is 14.9 Å². The number of amides is 1. The van der Waals surface area contributed by atoms with Gasteiger partial charge in [0, 0.05) is 5.10 Å². The van der Waals surface area contributed by atoms with Gasteiger partial charge < -0.3 is 4.74 Å². The molecule has 1 rings (SSSR count). The predicted octanol–water partition coefficient (Wildman–Crippen LogP) is -2.42. The van der Waals surface area contributed by atoms with Crippen molar-refractivity contribution < 1.29 is 34.0 Å². The number of nitro groups is 4. The van der Waals surface area contributed by atoms with Gasteiger partial charge in [-0.2, -0.15) is 0 Å². The van der Waals surface area contributed by atoms with Crippen LogP contribution in [0.15, 0.2) is 12.7 Å². The molecular formula is C5H7N9O10. The second kappa shape index (κ2) is 8.30. The number of hydrogen-bond acceptors (Lipinski definition) is 12. The molecule has 0 aliphatic heterocycles. The Kier molecular flexibility index (Phi) is 6.85. The second-order valence-corrected chi connectivity index (χ2v) is 3.39. The summed E-state index contributed by atoms with van der Waals surface area (Å²) in [5, 5.41) is 45.1. The van der Waals surface area contributed by atoms with Crippen LogP contribution in [0.4, 0.5) is 4.79 Å². The Hall–Kier alpha value is -4.19. The molecular weight excluding hydrogens is 346 g/mol. The van der Waals surface area contributed by atoms with Crippen molar-refractivity contribution in [1.29, 1.82) is 0 Å². The predicted molar refractivity (Wildman–Crippen MR) is 64.3 cm³/mol. The first-order valence-electron chi connectivity index (χ1n) is 5.15. The van der Waals surface area contributed by atoms with E-state index in [0.29, 0.717) is 0 Å². The number of hydrogen-bond donors (Lipinski definition) is 2. The third-order valence-corrected chi connectivity index (χ3v) is 1.90. The van der Waals surface area contributed by atoms with Crippen LogP contribution in [0, 0.1) is 40.5 Å². The summed E-state index contributed by atoms with van der Waals surface area (Å²) < 4.78 is 4.96. The Morgan fingerprint density at radius 2 is 1.71 bits per heavy atom. The van der Waals surface area contributed by atoms with Crippen molar-refractivity contribution in [2.24, 2.45) is 0 Å². The lowest BCUT2D eigenvalue weighted by Crippen LogP contribution is -2.57. The quantitative estimate of drug-likeness (QED) is 0.178. The number of nitrogens with zero attached hydrogens (tertiary/aromatic N) is 7. The minimum atomic E-state index is -4.04. The molecule has 0 unspecified atom stereocenters. The summed E-state index contributed by atoms with van der Waals surface area (Å²) in [6, 6.07) is 0. The van der Waals surface area contributed by atoms with Gasteiger partial charge >= 0.3 is 12.4 Å². The lowest BCUT2D eigenvalue weighted by molar-refractivity contribution is -0.970. The van der Waals surface area contributed by atoms with E-state index in [-0.39, 0.29) is 0 Å². The molecule has 0 bridgehead atoms. The SMILES string of the molecule is N[n+]1cn[nH]c1.O=C([N-][N+](=O)[O-])OCC([N+](=O)[O-])([N+](=O)[O-])[N+](=O)[O-]. The van der Waals surface area contributed by atoms with Crippen molar-refractivity contribution in [2.75, 3.05) is 12.4 Å². The van der Waals surface area contributed by atoms with Crippen molar-refractivity contribution in [3.05, 3.63) is 58.5 Å². The molecule has 1 heterocycles. The van der Waals surface area contributed by atoms with E-state index in [9.17, 15) is 45.3 Å². The Balaban J connectivity index is 0.000000728. The maximum atomic E-state index is 10.5. The Morgan fingerprint density at radius 1 is 1.21 bits per heavy atom. The van der Waals surface area contributed by atoms with E-state index in [4.69, 9.17) is 5.84 Å². The van der Waals surface area contributed by atoms with Gasteiger partial charge in [0.1, 0.15) is 0 Å². The molecule has 0 spiro atoms. The first kappa shape index (κ1) is 19.8. The van der Waals surface area contributed by atoms with E-state index >= 15 is 0 Å². The van der Waals surface area contributed by atoms with Crippen LogP contribution >= 0.6 is 0 Å². The van der Waals surface area contributed by atoms with Gasteiger partial charge in [-0.25, -0.2) is 0 Å². The number of nitrogen functional groups attached to an aromatic ring is 1. The fourth-order valence-electron chi connectivity index (χ4n) is 0.846. The van der Waals surface area contributed by atoms with Crippen LogP contribution < -0.4 is 10.5 Å². The van der Waals surface area contributed by atoms with Gasteiger partial charge in [-0.15, -0.1) is 9.77 Å². The van der Waals surface area contributed by atoms with Gasteiger partial charge in [0.15, 0.2) is 14.8 Å². The molecule has 132 valence electrons. The molecule has 1 aromatic rings. The molecule has 24 heavy (non-hydrogen) atoms. The average molecular weight is 353 g/mol. The number of aromatic amines is 1. The van der Waals surface area contributed by atoms with Crippen molar-refractivity contribution in [3.8, 4) is 0 Å². The third-order valence-electron chi connectivity index (χ3n) is 1.90. The zero-order valence-corrected chi connectivity index (χ0v) is 11.2. The van der Waals surface area contributed by atoms with E-state index in [0.717, 1.165) is 0 Å². The standard InChI is InChI=1S/C3H3N5O10.C2H4N4/c9-2(4-8(16)17)18-1-3(5(10)11,6(12)13)7(14)15;3-6-1-4-5-2-6/h1H2,(H,4,9);1-2H,3H2. The van der Waals surface area contributed by atoms with Crippen molar-refractivity contribution in [2.45, 2.75) is 5.79 Å². The Labute approximate surface area is 128 Å². The van der Waals surface area contributed by atoms with Crippen LogP contribution in [0.25, 0.3) is 5.43 Å². The molecule has 1 amide bonds. The molecule has 0 saturated heterocycles. The van der Waals surface area contributed by atoms with E-state index in [1.807, 2.05) is 5.43 Å². The molecule has 1 aromatic heterocycles. The van der Waals surface area contributed by atoms with Gasteiger partial charge in [0.05, 0.1) is 0 Å². The number of nitrogens with one attached hydrogen (secondary N) is 1. The summed E-state index contributed by atoms with van der Waals surface area (Å²) in [4.78, 5) is 45.3. The zero-order valence-electron chi connectivity index (χ0n) is 11.2. The molecule has 0 aromatic carbocycles. The number of nitrogens with two attached hydrogens (primary N) is 1. The molecule has 0 aliphatic carbocycles. The van der Waals surface area contributed by atoms with Gasteiger partial charge in [-0.05, 0) is 5.03 Å². The molecule has 3 N–H and O–H groups in total. The molecule has 0 atom stereocenters. The minimum Gasteiger partial charge on any atom is -0.451 e. The maximum absolute atomic E-state index is 10.5. The van der Waals surface area contributed by atoms with Crippen molar-refractivity contribution in [3.63, 3.8) is 0 Å². The highest BCUT2D eigenvalue weighted by Crippen LogP contribution is 2.13. The fourth-order valence-corrected chi connectivity index (χ4v) is 0.846. The van der Waals surface area contributed by atoms with Gasteiger partial charge in [0.2, 0.25) is 6.33 Å². The first-order chi connectivity index (χ1) is 11.0. The zero-order chi connectivity index (χ0) is 18.9. The van der Waals surface area contributed by atoms with Crippen LogP contribution in [0.5, 0.6) is 0 Å². The second-order valence-electron chi connectivity index (χ2n) is 3.39. The molecule has 19 heteroatoms. The van der Waals surface area contributed by atoms with Gasteiger partial charge in [-0.3, -0.25) is 56.5 Å². The highest BCUT2D eigenvalue weighted by Gasteiger charge is 2.71. The molecule has 0 aliphatic rings. The number of ether oxygens (including phenoxy) is 1. The van der Waals surface area contributed by atoms with E-state index in [1.54, 1.807) is 6.33 Å². The van der Waals surface area contributed by atoms with Crippen molar-refractivity contribution >= 4 is 6.09 Å². The number of H-pyrrole nitrogens is 1. The largest absolute Gasteiger partial charge is 0.734 e. The maximum Gasteiger partial charge on any atom is 0.734 e. The number of rotatable bonds is 6. The Morgan fingerprint density at radius 3 is 1.96 bits per heavy atom. The lowest BCUT2D eigenvalue weighted by atomic mass is 10.4. The summed E-state index contributed by atoms with van der Waals surface area (Å²) in [6.45, 7) is -1.95. The summed E-state index contributed by atoms with van der Waals surface area (Å²) in [5.74, 6) is 1.06. The topological polar surface area (TPSA) is 272 Å². The fraction of sp³-hybridized carbons (Fsp3) is 0.400. The molecule has 19 nitrogen and oxygen atoms in total. The van der Waals surface area contributed by atoms with Crippen LogP contribution in [-0.4, -0.2) is 48.5 Å². The van der Waals surface area contributed by atoms with Gasteiger partial charge in [-0.1, -0.05) is 0 Å². The van der Waals surface area contributed by atoms with E-state index in [1.165, 1.54) is 11.0 Å². The smallest absolute Gasteiger partial charge is 0.451 e. The molecule has 0 radical (unpaired) electrons. The minimum absolute atomic E-state index is 1.33. The number of carbonyl (C=O) groups excluding carboxylic acids is 1. The van der Waals surface area contributed by atoms with Crippen LogP contribution in [0.1, 0.15) is 0 Å². The highest BCUT2D eigenvalue weighted by atomic mass is 16.7. The van der Waals surface area contributed by atoms with Crippen LogP contribution in [-0.2, 0) is 4.74 Å². The average Bonchev–Trinajstić information content (AvgIpc) is 2.89. The Bertz CT molecular complexity index is 591. The number of aromatic nitrogens is 3. The van der Waals surface area contributed by atoms with Crippen LogP contribution in [0.3, 0.4) is 0 Å².